The van der Waals surface area contributed by atoms with Crippen LogP contribution in [-0.4, -0.2) is 4.57 Å². The van der Waals surface area contributed by atoms with Crippen molar-refractivity contribution in [2.45, 2.75) is 39.5 Å². The molecule has 2 aliphatic rings. The maximum Gasteiger partial charge on any atom is 0.0537 e. The summed E-state index contributed by atoms with van der Waals surface area (Å²) in [5.74, 6) is 0. The monoisotopic (exact) mass is 527 g/mol. The third kappa shape index (κ3) is 3.76. The van der Waals surface area contributed by atoms with Gasteiger partial charge in [-0.1, -0.05) is 104 Å². The van der Waals surface area contributed by atoms with Crippen molar-refractivity contribution in [2.24, 2.45) is 0 Å². The number of aromatic nitrogens is 1. The average Bonchev–Trinajstić information content (AvgIpc) is 3.56. The van der Waals surface area contributed by atoms with Crippen LogP contribution < -0.4 is 0 Å². The third-order valence-electron chi connectivity index (χ3n) is 9.22. The summed E-state index contributed by atoms with van der Waals surface area (Å²) < 4.78 is 2.50. The minimum atomic E-state index is 1.00. The van der Waals surface area contributed by atoms with Crippen LogP contribution in [0.3, 0.4) is 0 Å². The van der Waals surface area contributed by atoms with E-state index >= 15 is 0 Å². The maximum atomic E-state index is 2.50. The first-order valence-electron chi connectivity index (χ1n) is 14.9. The van der Waals surface area contributed by atoms with E-state index in [2.05, 4.69) is 134 Å². The zero-order valence-corrected chi connectivity index (χ0v) is 23.7. The van der Waals surface area contributed by atoms with Gasteiger partial charge >= 0.3 is 0 Å². The van der Waals surface area contributed by atoms with Crippen LogP contribution in [0.25, 0.3) is 56.0 Å². The predicted molar refractivity (Wildman–Crippen MR) is 174 cm³/mol. The number of allylic oxidation sites excluding steroid dienone is 1. The Labute approximate surface area is 242 Å². The standard InChI is InChI=1S/C40H33N/c1-3-27-12-10-16-35(29-19-21-34-30(25-29)24-28-11-4-5-13-33(28)34)40(27)32-22-20-31(23-26(32)2)41-38-17-8-6-14-36(38)37-15-7-9-18-39(37)41/h4-8,10-17,19-23,25H,3,9,18,24H2,1-2H3. The molecule has 0 radical (unpaired) electrons. The molecular weight excluding hydrogens is 494 g/mol. The smallest absolute Gasteiger partial charge is 0.0537 e. The fourth-order valence-electron chi connectivity index (χ4n) is 7.30. The second-order valence-electron chi connectivity index (χ2n) is 11.6. The number of hydrogen-bond donors (Lipinski definition) is 0. The Hall–Kier alpha value is -4.62. The van der Waals surface area contributed by atoms with Gasteiger partial charge in [0.15, 0.2) is 0 Å². The molecule has 1 aromatic heterocycles. The van der Waals surface area contributed by atoms with E-state index in [9.17, 15) is 0 Å². The molecule has 0 spiro atoms. The predicted octanol–water partition coefficient (Wildman–Crippen LogP) is 10.4. The molecule has 8 rings (SSSR count). The highest BCUT2D eigenvalue weighted by atomic mass is 15.0. The van der Waals surface area contributed by atoms with Gasteiger partial charge in [0.1, 0.15) is 0 Å². The van der Waals surface area contributed by atoms with E-state index in [4.69, 9.17) is 0 Å². The summed E-state index contributed by atoms with van der Waals surface area (Å²) in [5, 5.41) is 1.34. The minimum Gasteiger partial charge on any atom is -0.313 e. The third-order valence-corrected chi connectivity index (χ3v) is 9.22. The van der Waals surface area contributed by atoms with Crippen molar-refractivity contribution in [3.8, 4) is 39.1 Å². The summed E-state index contributed by atoms with van der Waals surface area (Å²) in [6.07, 6.45) is 8.82. The fourth-order valence-corrected chi connectivity index (χ4v) is 7.30. The van der Waals surface area contributed by atoms with Crippen molar-refractivity contribution in [3.05, 3.63) is 143 Å². The van der Waals surface area contributed by atoms with Crippen molar-refractivity contribution in [3.63, 3.8) is 0 Å². The van der Waals surface area contributed by atoms with Gasteiger partial charge in [0.25, 0.3) is 0 Å². The Morgan fingerprint density at radius 1 is 0.707 bits per heavy atom. The molecule has 0 amide bonds. The Kier molecular flexibility index (Phi) is 5.60. The first-order valence-corrected chi connectivity index (χ1v) is 14.9. The molecule has 5 aromatic carbocycles. The average molecular weight is 528 g/mol. The molecular formula is C40H33N. The molecule has 0 aliphatic heterocycles. The number of hydrogen-bond acceptors (Lipinski definition) is 0. The Morgan fingerprint density at radius 3 is 2.41 bits per heavy atom. The van der Waals surface area contributed by atoms with E-state index in [1.807, 2.05) is 0 Å². The first kappa shape index (κ1) is 24.2. The lowest BCUT2D eigenvalue weighted by atomic mass is 9.86. The molecule has 6 aromatic rings. The van der Waals surface area contributed by atoms with E-state index in [1.165, 1.54) is 83.5 Å². The van der Waals surface area contributed by atoms with E-state index in [1.54, 1.807) is 0 Å². The molecule has 198 valence electrons. The number of rotatable bonds is 4. The largest absolute Gasteiger partial charge is 0.313 e. The second kappa shape index (κ2) is 9.49. The molecule has 1 heteroatoms. The van der Waals surface area contributed by atoms with Crippen LogP contribution in [-0.2, 0) is 19.3 Å². The highest BCUT2D eigenvalue weighted by Crippen LogP contribution is 2.43. The second-order valence-corrected chi connectivity index (χ2v) is 11.6. The van der Waals surface area contributed by atoms with Crippen LogP contribution >= 0.6 is 0 Å². The van der Waals surface area contributed by atoms with Gasteiger partial charge in [0.05, 0.1) is 5.52 Å². The van der Waals surface area contributed by atoms with Gasteiger partial charge in [-0.25, -0.2) is 0 Å². The molecule has 0 bridgehead atoms. The molecule has 1 heterocycles. The zero-order valence-electron chi connectivity index (χ0n) is 23.7. The summed E-state index contributed by atoms with van der Waals surface area (Å²) in [7, 11) is 0. The van der Waals surface area contributed by atoms with E-state index in [0.29, 0.717) is 0 Å². The quantitative estimate of drug-likeness (QED) is 0.215. The van der Waals surface area contributed by atoms with E-state index in [-0.39, 0.29) is 0 Å². The Bertz CT molecular complexity index is 2020. The van der Waals surface area contributed by atoms with Crippen molar-refractivity contribution in [1.29, 1.82) is 0 Å². The minimum absolute atomic E-state index is 1.00. The molecule has 0 unspecified atom stereocenters. The van der Waals surface area contributed by atoms with Crippen molar-refractivity contribution < 1.29 is 0 Å². The molecule has 0 N–H and O–H groups in total. The Balaban J connectivity index is 1.27. The highest BCUT2D eigenvalue weighted by Gasteiger charge is 2.22. The zero-order chi connectivity index (χ0) is 27.5. The Morgan fingerprint density at radius 2 is 1.51 bits per heavy atom. The van der Waals surface area contributed by atoms with Gasteiger partial charge in [-0.3, -0.25) is 0 Å². The molecule has 1 nitrogen and oxygen atoms in total. The molecule has 0 saturated carbocycles. The van der Waals surface area contributed by atoms with Gasteiger partial charge in [0.2, 0.25) is 0 Å². The van der Waals surface area contributed by atoms with Crippen LogP contribution in [0.2, 0.25) is 0 Å². The number of nitrogens with zero attached hydrogens (tertiary/aromatic N) is 1. The van der Waals surface area contributed by atoms with Gasteiger partial charge in [-0.15, -0.1) is 0 Å². The SMILES string of the molecule is CCc1cccc(-c2ccc3c(c2)Cc2ccccc2-3)c1-c1ccc(-n2c3c(c4ccccc42)C=CCC3)cc1C. The lowest BCUT2D eigenvalue weighted by Crippen LogP contribution is -2.04. The van der Waals surface area contributed by atoms with Crippen LogP contribution in [0, 0.1) is 6.92 Å². The van der Waals surface area contributed by atoms with Gasteiger partial charge in [-0.05, 0) is 106 Å². The van der Waals surface area contributed by atoms with Crippen LogP contribution in [0.4, 0.5) is 0 Å². The van der Waals surface area contributed by atoms with Crippen LogP contribution in [0.1, 0.15) is 46.9 Å². The van der Waals surface area contributed by atoms with Gasteiger partial charge < -0.3 is 4.57 Å². The van der Waals surface area contributed by atoms with Crippen LogP contribution in [0.5, 0.6) is 0 Å². The normalized spacial score (nSPS) is 13.3. The summed E-state index contributed by atoms with van der Waals surface area (Å²) in [6, 6.07) is 38.7. The van der Waals surface area contributed by atoms with Gasteiger partial charge in [0, 0.05) is 22.3 Å². The topological polar surface area (TPSA) is 4.93 Å². The lowest BCUT2D eigenvalue weighted by Gasteiger charge is -2.19. The molecule has 41 heavy (non-hydrogen) atoms. The summed E-state index contributed by atoms with van der Waals surface area (Å²) in [4.78, 5) is 0. The highest BCUT2D eigenvalue weighted by molar-refractivity contribution is 5.94. The fraction of sp³-hybridized carbons (Fsp3) is 0.150. The molecule has 2 aliphatic carbocycles. The maximum absolute atomic E-state index is 2.50. The summed E-state index contributed by atoms with van der Waals surface area (Å²) in [6.45, 7) is 4.56. The van der Waals surface area contributed by atoms with Crippen molar-refractivity contribution >= 4 is 17.0 Å². The molecule has 0 atom stereocenters. The van der Waals surface area contributed by atoms with Crippen LogP contribution in [0.15, 0.2) is 109 Å². The molecule has 0 fully saturated rings. The summed E-state index contributed by atoms with van der Waals surface area (Å²) >= 11 is 0. The first-order chi connectivity index (χ1) is 20.2. The number of para-hydroxylation sites is 1. The number of fused-ring (bicyclic) bond motifs is 6. The number of benzene rings is 5. The lowest BCUT2D eigenvalue weighted by molar-refractivity contribution is 0.888. The molecule has 0 saturated heterocycles. The summed E-state index contributed by atoms with van der Waals surface area (Å²) in [5.41, 5.74) is 19.0. The van der Waals surface area contributed by atoms with E-state index < -0.39 is 0 Å². The number of aryl methyl sites for hydroxylation is 2. The van der Waals surface area contributed by atoms with Crippen molar-refractivity contribution in [1.82, 2.24) is 4.57 Å². The van der Waals surface area contributed by atoms with Crippen molar-refractivity contribution in [2.75, 3.05) is 0 Å². The van der Waals surface area contributed by atoms with E-state index in [0.717, 1.165) is 25.7 Å². The van der Waals surface area contributed by atoms with Gasteiger partial charge in [-0.2, -0.15) is 0 Å².